The molecule has 4 aromatic rings. The molecule has 0 atom stereocenters. The SMILES string of the molecule is Cc1ccc(C)n1-c1cc(CNc2cc(C(=O)Nc3ccc4c(c3)OC(F)(F)C(F)(F)O4)nn2C)ccn1. The van der Waals surface area contributed by atoms with E-state index in [1.54, 1.807) is 13.2 Å². The lowest BCUT2D eigenvalue weighted by Gasteiger charge is -2.31. The standard InChI is InChI=1S/C25H22F4N6O3/c1-14-4-5-15(2)35(14)22-10-16(8-9-30-22)13-31-21-12-18(33-34(21)3)23(36)32-17-6-7-19-20(11-17)38-25(28,29)24(26,27)37-19/h4-12,31H,13H2,1-3H3,(H,32,36). The highest BCUT2D eigenvalue weighted by molar-refractivity contribution is 6.03. The van der Waals surface area contributed by atoms with Gasteiger partial charge in [-0.1, -0.05) is 0 Å². The maximum atomic E-state index is 13.5. The van der Waals surface area contributed by atoms with Crippen LogP contribution in [0.1, 0.15) is 27.4 Å². The predicted molar refractivity (Wildman–Crippen MR) is 129 cm³/mol. The van der Waals surface area contributed by atoms with Gasteiger partial charge in [-0.2, -0.15) is 22.7 Å². The molecule has 0 radical (unpaired) electrons. The first kappa shape index (κ1) is 25.1. The second kappa shape index (κ2) is 9.08. The lowest BCUT2D eigenvalue weighted by Crippen LogP contribution is -2.52. The molecule has 38 heavy (non-hydrogen) atoms. The highest BCUT2D eigenvalue weighted by Gasteiger charge is 2.65. The minimum atomic E-state index is -4.86. The molecular formula is C25H22F4N6O3. The van der Waals surface area contributed by atoms with E-state index >= 15 is 0 Å². The van der Waals surface area contributed by atoms with Gasteiger partial charge < -0.3 is 24.7 Å². The fraction of sp³-hybridized carbons (Fsp3) is 0.240. The Labute approximate surface area is 214 Å². The van der Waals surface area contributed by atoms with Crippen molar-refractivity contribution in [3.8, 4) is 17.3 Å². The number of nitrogens with zero attached hydrogens (tertiary/aromatic N) is 4. The summed E-state index contributed by atoms with van der Waals surface area (Å²) in [6, 6.07) is 12.6. The topological polar surface area (TPSA) is 95.2 Å². The molecule has 1 aliphatic rings. The van der Waals surface area contributed by atoms with Gasteiger partial charge in [0.15, 0.2) is 17.2 Å². The smallest absolute Gasteiger partial charge is 0.421 e. The molecule has 3 aromatic heterocycles. The van der Waals surface area contributed by atoms with Gasteiger partial charge in [-0.3, -0.25) is 9.48 Å². The van der Waals surface area contributed by atoms with Crippen molar-refractivity contribution < 1.29 is 31.8 Å². The monoisotopic (exact) mass is 530 g/mol. The first-order chi connectivity index (χ1) is 17.9. The van der Waals surface area contributed by atoms with Crippen LogP contribution in [0.15, 0.2) is 54.7 Å². The van der Waals surface area contributed by atoms with Crippen LogP contribution < -0.4 is 20.1 Å². The zero-order valence-electron chi connectivity index (χ0n) is 20.4. The Morgan fingerprint density at radius 2 is 1.63 bits per heavy atom. The predicted octanol–water partition coefficient (Wildman–Crippen LogP) is 5.04. The van der Waals surface area contributed by atoms with E-state index in [-0.39, 0.29) is 11.4 Å². The number of ether oxygens (including phenoxy) is 2. The summed E-state index contributed by atoms with van der Waals surface area (Å²) in [5.74, 6) is -0.526. The van der Waals surface area contributed by atoms with Gasteiger partial charge >= 0.3 is 12.2 Å². The number of benzene rings is 1. The molecule has 1 aromatic carbocycles. The van der Waals surface area contributed by atoms with Crippen molar-refractivity contribution in [3.05, 3.63) is 77.4 Å². The minimum absolute atomic E-state index is 0.0263. The zero-order chi connectivity index (χ0) is 27.2. The summed E-state index contributed by atoms with van der Waals surface area (Å²) in [6.45, 7) is 4.43. The van der Waals surface area contributed by atoms with E-state index in [9.17, 15) is 22.4 Å². The summed E-state index contributed by atoms with van der Waals surface area (Å²) in [5, 5.41) is 9.88. The van der Waals surface area contributed by atoms with Crippen LogP contribution in [-0.2, 0) is 13.6 Å². The average molecular weight is 530 g/mol. The summed E-state index contributed by atoms with van der Waals surface area (Å²) < 4.78 is 65.3. The average Bonchev–Trinajstić information content (AvgIpc) is 3.39. The van der Waals surface area contributed by atoms with Crippen molar-refractivity contribution in [2.45, 2.75) is 32.6 Å². The summed E-state index contributed by atoms with van der Waals surface area (Å²) >= 11 is 0. The molecule has 0 spiro atoms. The molecule has 0 aliphatic carbocycles. The normalized spacial score (nSPS) is 15.2. The highest BCUT2D eigenvalue weighted by Crippen LogP contribution is 2.47. The number of aryl methyl sites for hydroxylation is 3. The van der Waals surface area contributed by atoms with Gasteiger partial charge in [0.2, 0.25) is 0 Å². The largest absolute Gasteiger partial charge is 0.507 e. The van der Waals surface area contributed by atoms with Gasteiger partial charge in [-0.15, -0.1) is 0 Å². The Morgan fingerprint density at radius 1 is 0.947 bits per heavy atom. The zero-order valence-corrected chi connectivity index (χ0v) is 20.4. The number of rotatable bonds is 6. The number of hydrogen-bond acceptors (Lipinski definition) is 6. The number of amides is 1. The highest BCUT2D eigenvalue weighted by atomic mass is 19.3. The molecule has 9 nitrogen and oxygen atoms in total. The number of nitrogens with one attached hydrogen (secondary N) is 2. The third-order valence-corrected chi connectivity index (χ3v) is 5.91. The van der Waals surface area contributed by atoms with Crippen molar-refractivity contribution in [1.29, 1.82) is 0 Å². The van der Waals surface area contributed by atoms with Crippen molar-refractivity contribution in [3.63, 3.8) is 0 Å². The van der Waals surface area contributed by atoms with E-state index in [4.69, 9.17) is 0 Å². The molecule has 5 rings (SSSR count). The van der Waals surface area contributed by atoms with Gasteiger partial charge in [0, 0.05) is 49.0 Å². The Kier molecular flexibility index (Phi) is 6.00. The quantitative estimate of drug-likeness (QED) is 0.339. The summed E-state index contributed by atoms with van der Waals surface area (Å²) in [7, 11) is 1.65. The number of carbonyl (C=O) groups is 1. The molecule has 0 fully saturated rings. The molecule has 2 N–H and O–H groups in total. The third kappa shape index (κ3) is 4.62. The number of aromatic nitrogens is 4. The molecule has 0 saturated carbocycles. The van der Waals surface area contributed by atoms with Crippen molar-refractivity contribution in [1.82, 2.24) is 19.3 Å². The maximum Gasteiger partial charge on any atom is 0.507 e. The van der Waals surface area contributed by atoms with Crippen LogP contribution >= 0.6 is 0 Å². The minimum Gasteiger partial charge on any atom is -0.421 e. The fourth-order valence-corrected chi connectivity index (χ4v) is 4.00. The summed E-state index contributed by atoms with van der Waals surface area (Å²) in [4.78, 5) is 17.2. The molecule has 4 heterocycles. The molecule has 13 heteroatoms. The molecule has 0 saturated heterocycles. The van der Waals surface area contributed by atoms with E-state index < -0.39 is 29.6 Å². The Bertz CT molecular complexity index is 1510. The van der Waals surface area contributed by atoms with Crippen LogP contribution in [0.25, 0.3) is 5.82 Å². The third-order valence-electron chi connectivity index (χ3n) is 5.91. The molecule has 0 bridgehead atoms. The van der Waals surface area contributed by atoms with Crippen molar-refractivity contribution in [2.75, 3.05) is 10.6 Å². The first-order valence-electron chi connectivity index (χ1n) is 11.4. The number of hydrogen-bond donors (Lipinski definition) is 2. The molecule has 198 valence electrons. The second-order valence-corrected chi connectivity index (χ2v) is 8.72. The lowest BCUT2D eigenvalue weighted by molar-refractivity contribution is -0.391. The van der Waals surface area contributed by atoms with Crippen LogP contribution in [0.4, 0.5) is 29.1 Å². The summed E-state index contributed by atoms with van der Waals surface area (Å²) in [6.07, 6.45) is -7.96. The summed E-state index contributed by atoms with van der Waals surface area (Å²) in [5.41, 5.74) is 3.14. The number of halogens is 4. The van der Waals surface area contributed by atoms with Gasteiger partial charge in [0.05, 0.1) is 0 Å². The molecule has 0 unspecified atom stereocenters. The Balaban J connectivity index is 1.26. The van der Waals surface area contributed by atoms with E-state index in [1.807, 2.05) is 42.7 Å². The van der Waals surface area contributed by atoms with E-state index in [1.165, 1.54) is 16.8 Å². The van der Waals surface area contributed by atoms with Crippen molar-refractivity contribution >= 4 is 17.4 Å². The number of pyridine rings is 1. The van der Waals surface area contributed by atoms with E-state index in [0.717, 1.165) is 34.9 Å². The van der Waals surface area contributed by atoms with Crippen LogP contribution in [0.3, 0.4) is 0 Å². The molecule has 1 aliphatic heterocycles. The van der Waals surface area contributed by atoms with Gasteiger partial charge in [-0.25, -0.2) is 4.98 Å². The van der Waals surface area contributed by atoms with Gasteiger partial charge in [0.25, 0.3) is 5.91 Å². The van der Waals surface area contributed by atoms with Gasteiger partial charge in [-0.05, 0) is 55.8 Å². The van der Waals surface area contributed by atoms with Gasteiger partial charge in [0.1, 0.15) is 11.6 Å². The number of fused-ring (bicyclic) bond motifs is 1. The maximum absolute atomic E-state index is 13.5. The number of anilines is 2. The number of carbonyl (C=O) groups excluding carboxylic acids is 1. The van der Waals surface area contributed by atoms with Crippen LogP contribution in [0.2, 0.25) is 0 Å². The number of alkyl halides is 4. The second-order valence-electron chi connectivity index (χ2n) is 8.72. The van der Waals surface area contributed by atoms with Crippen LogP contribution in [0.5, 0.6) is 11.5 Å². The van der Waals surface area contributed by atoms with Crippen molar-refractivity contribution in [2.24, 2.45) is 7.05 Å². The first-order valence-corrected chi connectivity index (χ1v) is 11.4. The Morgan fingerprint density at radius 3 is 2.34 bits per heavy atom. The fourth-order valence-electron chi connectivity index (χ4n) is 4.00. The molecular weight excluding hydrogens is 508 g/mol. The molecule has 1 amide bonds. The Hall–Kier alpha value is -4.55. The van der Waals surface area contributed by atoms with E-state index in [0.29, 0.717) is 12.4 Å². The van der Waals surface area contributed by atoms with E-state index in [2.05, 4.69) is 30.2 Å². The van der Waals surface area contributed by atoms with Crippen LogP contribution in [-0.4, -0.2) is 37.5 Å². The van der Waals surface area contributed by atoms with Crippen LogP contribution in [0, 0.1) is 13.8 Å². The lowest BCUT2D eigenvalue weighted by atomic mass is 10.2.